The number of thioether (sulfide) groups is 1. The number of aromatic nitrogens is 2. The van der Waals surface area contributed by atoms with Crippen LogP contribution in [-0.4, -0.2) is 21.6 Å². The van der Waals surface area contributed by atoms with Crippen LogP contribution in [0, 0.1) is 0 Å². The number of amides is 1. The summed E-state index contributed by atoms with van der Waals surface area (Å²) in [4.78, 5) is 19.7. The smallest absolute Gasteiger partial charge is 0.227 e. The van der Waals surface area contributed by atoms with Crippen molar-refractivity contribution in [2.24, 2.45) is 5.73 Å². The Kier molecular flexibility index (Phi) is 2.74. The molecule has 0 aliphatic carbocycles. The highest BCUT2D eigenvalue weighted by molar-refractivity contribution is 7.99. The Labute approximate surface area is 93.9 Å². The van der Waals surface area contributed by atoms with Crippen molar-refractivity contribution in [1.82, 2.24) is 9.97 Å². The molecular weight excluding hydrogens is 232 g/mol. The standard InChI is InChI=1S/C8H8N4OS2/c9-5(13)3-15-8-11-6(10)4-1-2-14-7(4)12-8/h1-2H,3H2,(H2,9,13)(H2,10,11,12). The predicted molar refractivity (Wildman–Crippen MR) is 61.7 cm³/mol. The van der Waals surface area contributed by atoms with Gasteiger partial charge in [-0.25, -0.2) is 9.97 Å². The summed E-state index contributed by atoms with van der Waals surface area (Å²) in [6, 6.07) is 1.87. The zero-order valence-corrected chi connectivity index (χ0v) is 9.27. The number of carbonyl (C=O) groups is 1. The highest BCUT2D eigenvalue weighted by Gasteiger charge is 2.07. The van der Waals surface area contributed by atoms with Crippen molar-refractivity contribution in [3.63, 3.8) is 0 Å². The fourth-order valence-electron chi connectivity index (χ4n) is 1.06. The first kappa shape index (κ1) is 10.2. The van der Waals surface area contributed by atoms with E-state index in [1.54, 1.807) is 0 Å². The van der Waals surface area contributed by atoms with Crippen LogP contribution < -0.4 is 11.5 Å². The van der Waals surface area contributed by atoms with Crippen molar-refractivity contribution in [1.29, 1.82) is 0 Å². The molecule has 0 aliphatic heterocycles. The first-order valence-electron chi connectivity index (χ1n) is 4.08. The minimum Gasteiger partial charge on any atom is -0.383 e. The second kappa shape index (κ2) is 4.03. The third-order valence-corrected chi connectivity index (χ3v) is 3.35. The van der Waals surface area contributed by atoms with E-state index in [1.807, 2.05) is 11.4 Å². The predicted octanol–water partition coefficient (Wildman–Crippen LogP) is 0.851. The average Bonchev–Trinajstić information content (AvgIpc) is 2.63. The van der Waals surface area contributed by atoms with Gasteiger partial charge in [0.2, 0.25) is 5.91 Å². The van der Waals surface area contributed by atoms with Gasteiger partial charge in [0.1, 0.15) is 10.6 Å². The zero-order chi connectivity index (χ0) is 10.8. The Balaban J connectivity index is 2.32. The first-order valence-corrected chi connectivity index (χ1v) is 5.95. The van der Waals surface area contributed by atoms with E-state index in [4.69, 9.17) is 11.5 Å². The van der Waals surface area contributed by atoms with Gasteiger partial charge in [-0.2, -0.15) is 0 Å². The lowest BCUT2D eigenvalue weighted by molar-refractivity contribution is -0.115. The van der Waals surface area contributed by atoms with Crippen LogP contribution in [0.3, 0.4) is 0 Å². The number of rotatable bonds is 3. The van der Waals surface area contributed by atoms with E-state index in [9.17, 15) is 4.79 Å². The molecule has 0 saturated carbocycles. The number of nitrogens with two attached hydrogens (primary N) is 2. The largest absolute Gasteiger partial charge is 0.383 e. The summed E-state index contributed by atoms with van der Waals surface area (Å²) >= 11 is 2.68. The maximum absolute atomic E-state index is 10.6. The Bertz CT molecular complexity index is 510. The summed E-state index contributed by atoms with van der Waals surface area (Å²) in [6.07, 6.45) is 0. The molecule has 0 aliphatic rings. The van der Waals surface area contributed by atoms with Crippen LogP contribution in [0.5, 0.6) is 0 Å². The van der Waals surface area contributed by atoms with Gasteiger partial charge in [-0.1, -0.05) is 11.8 Å². The fraction of sp³-hybridized carbons (Fsp3) is 0.125. The van der Waals surface area contributed by atoms with E-state index in [2.05, 4.69) is 9.97 Å². The highest BCUT2D eigenvalue weighted by Crippen LogP contribution is 2.25. The molecule has 2 aromatic heterocycles. The van der Waals surface area contributed by atoms with Crippen molar-refractivity contribution >= 4 is 45.0 Å². The second-order valence-corrected chi connectivity index (χ2v) is 4.62. The van der Waals surface area contributed by atoms with Crippen molar-refractivity contribution in [3.05, 3.63) is 11.4 Å². The van der Waals surface area contributed by atoms with Crippen LogP contribution in [0.4, 0.5) is 5.82 Å². The van der Waals surface area contributed by atoms with Crippen LogP contribution in [0.1, 0.15) is 0 Å². The molecule has 2 rings (SSSR count). The van der Waals surface area contributed by atoms with Crippen LogP contribution in [-0.2, 0) is 4.79 Å². The minimum atomic E-state index is -0.395. The highest BCUT2D eigenvalue weighted by atomic mass is 32.2. The first-order chi connectivity index (χ1) is 7.16. The molecule has 0 saturated heterocycles. The summed E-state index contributed by atoms with van der Waals surface area (Å²) in [5.74, 6) is 0.206. The molecule has 0 bridgehead atoms. The molecular formula is C8H8N4OS2. The molecule has 4 N–H and O–H groups in total. The number of anilines is 1. The minimum absolute atomic E-state index is 0.163. The Hall–Kier alpha value is -1.34. The lowest BCUT2D eigenvalue weighted by Crippen LogP contribution is -2.13. The Morgan fingerprint density at radius 2 is 2.33 bits per heavy atom. The topological polar surface area (TPSA) is 94.9 Å². The SMILES string of the molecule is NC(=O)CSc1nc(N)c2ccsc2n1. The van der Waals surface area contributed by atoms with Crippen LogP contribution in [0.15, 0.2) is 16.6 Å². The number of carbonyl (C=O) groups excluding carboxylic acids is 1. The summed E-state index contributed by atoms with van der Waals surface area (Å²) < 4.78 is 0. The van der Waals surface area contributed by atoms with Crippen molar-refractivity contribution in [3.8, 4) is 0 Å². The van der Waals surface area contributed by atoms with Crippen molar-refractivity contribution < 1.29 is 4.79 Å². The molecule has 78 valence electrons. The van der Waals surface area contributed by atoms with Gasteiger partial charge in [-0.05, 0) is 11.4 Å². The van der Waals surface area contributed by atoms with Gasteiger partial charge in [-0.3, -0.25) is 4.79 Å². The van der Waals surface area contributed by atoms with Gasteiger partial charge in [0.05, 0.1) is 11.1 Å². The molecule has 1 amide bonds. The van der Waals surface area contributed by atoms with Gasteiger partial charge >= 0.3 is 0 Å². The summed E-state index contributed by atoms with van der Waals surface area (Å²) in [5.41, 5.74) is 10.8. The number of fused-ring (bicyclic) bond motifs is 1. The average molecular weight is 240 g/mol. The number of nitrogen functional groups attached to an aromatic ring is 1. The van der Waals surface area contributed by atoms with Crippen LogP contribution in [0.25, 0.3) is 10.2 Å². The number of hydrogen-bond donors (Lipinski definition) is 2. The summed E-state index contributed by atoms with van der Waals surface area (Å²) in [7, 11) is 0. The van der Waals surface area contributed by atoms with Gasteiger partial charge < -0.3 is 11.5 Å². The molecule has 2 heterocycles. The van der Waals surface area contributed by atoms with E-state index in [0.29, 0.717) is 11.0 Å². The van der Waals surface area contributed by atoms with Crippen LogP contribution in [0.2, 0.25) is 0 Å². The van der Waals surface area contributed by atoms with E-state index in [0.717, 1.165) is 10.2 Å². The number of thiophene rings is 1. The van der Waals surface area contributed by atoms with E-state index in [-0.39, 0.29) is 5.75 Å². The number of primary amides is 1. The van der Waals surface area contributed by atoms with Gasteiger partial charge in [0.15, 0.2) is 5.16 Å². The maximum atomic E-state index is 10.6. The van der Waals surface area contributed by atoms with Gasteiger partial charge in [0.25, 0.3) is 0 Å². The molecule has 0 atom stereocenters. The van der Waals surface area contributed by atoms with Gasteiger partial charge in [-0.15, -0.1) is 11.3 Å². The maximum Gasteiger partial charge on any atom is 0.227 e. The molecule has 7 heteroatoms. The third-order valence-electron chi connectivity index (χ3n) is 1.68. The lowest BCUT2D eigenvalue weighted by Gasteiger charge is -2.00. The zero-order valence-electron chi connectivity index (χ0n) is 7.64. The molecule has 0 spiro atoms. The normalized spacial score (nSPS) is 10.7. The van der Waals surface area contributed by atoms with Gasteiger partial charge in [0, 0.05) is 0 Å². The second-order valence-electron chi connectivity index (χ2n) is 2.79. The third kappa shape index (κ3) is 2.18. The summed E-state index contributed by atoms with van der Waals surface area (Å²) in [5, 5.41) is 3.24. The van der Waals surface area contributed by atoms with Crippen molar-refractivity contribution in [2.75, 3.05) is 11.5 Å². The molecule has 0 aromatic carbocycles. The lowest BCUT2D eigenvalue weighted by atomic mass is 10.4. The molecule has 5 nitrogen and oxygen atoms in total. The molecule has 0 unspecified atom stereocenters. The molecule has 2 aromatic rings. The molecule has 15 heavy (non-hydrogen) atoms. The van der Waals surface area contributed by atoms with E-state index < -0.39 is 5.91 Å². The van der Waals surface area contributed by atoms with E-state index >= 15 is 0 Å². The number of nitrogens with zero attached hydrogens (tertiary/aromatic N) is 2. The summed E-state index contributed by atoms with van der Waals surface area (Å²) in [6.45, 7) is 0. The Morgan fingerprint density at radius 1 is 1.53 bits per heavy atom. The Morgan fingerprint density at radius 3 is 3.07 bits per heavy atom. The monoisotopic (exact) mass is 240 g/mol. The van der Waals surface area contributed by atoms with Crippen LogP contribution >= 0.6 is 23.1 Å². The molecule has 0 radical (unpaired) electrons. The fourth-order valence-corrected chi connectivity index (χ4v) is 2.48. The van der Waals surface area contributed by atoms with E-state index in [1.165, 1.54) is 23.1 Å². The van der Waals surface area contributed by atoms with Crippen molar-refractivity contribution in [2.45, 2.75) is 5.16 Å². The quantitative estimate of drug-likeness (QED) is 0.612. The number of hydrogen-bond acceptors (Lipinski definition) is 6. The molecule has 0 fully saturated rings.